The first-order valence-corrected chi connectivity index (χ1v) is 15.5. The molecule has 3 aromatic carbocycles. The number of fused-ring (bicyclic) bond motifs is 2. The second-order valence-electron chi connectivity index (χ2n) is 10.8. The number of carbonyl (C=O) groups is 1. The van der Waals surface area contributed by atoms with Gasteiger partial charge in [0, 0.05) is 96.0 Å². The van der Waals surface area contributed by atoms with Crippen LogP contribution in [0.4, 0.5) is 16.2 Å². The molecule has 3 heterocycles. The predicted molar refractivity (Wildman–Crippen MR) is 183 cm³/mol. The molecule has 2 amide bonds. The lowest BCUT2D eigenvalue weighted by Gasteiger charge is -2.36. The van der Waals surface area contributed by atoms with Gasteiger partial charge in [0.25, 0.3) is 0 Å². The van der Waals surface area contributed by atoms with E-state index >= 15 is 0 Å². The number of hydrazone groups is 1. The van der Waals surface area contributed by atoms with Crippen LogP contribution in [0.2, 0.25) is 10.0 Å². The van der Waals surface area contributed by atoms with Gasteiger partial charge in [-0.05, 0) is 60.7 Å². The second-order valence-corrected chi connectivity index (χ2v) is 11.7. The van der Waals surface area contributed by atoms with Gasteiger partial charge in [0.1, 0.15) is 11.5 Å². The lowest BCUT2D eigenvalue weighted by atomic mass is 10.1. The van der Waals surface area contributed by atoms with Crippen molar-refractivity contribution in [3.05, 3.63) is 94.2 Å². The Morgan fingerprint density at radius 1 is 0.870 bits per heavy atom. The fraction of sp³-hybridized carbons (Fsp3) is 0.212. The fourth-order valence-electron chi connectivity index (χ4n) is 5.50. The summed E-state index contributed by atoms with van der Waals surface area (Å²) in [6.45, 7) is 4.18. The van der Waals surface area contributed by atoms with E-state index in [0.717, 1.165) is 59.4 Å². The Morgan fingerprint density at radius 2 is 1.57 bits per heavy atom. The van der Waals surface area contributed by atoms with E-state index in [9.17, 15) is 15.0 Å². The van der Waals surface area contributed by atoms with Crippen LogP contribution in [-0.4, -0.2) is 76.6 Å². The van der Waals surface area contributed by atoms with Gasteiger partial charge in [-0.1, -0.05) is 23.2 Å². The molecule has 1 aliphatic heterocycles. The van der Waals surface area contributed by atoms with Crippen molar-refractivity contribution in [2.24, 2.45) is 5.10 Å². The number of aromatic hydroxyl groups is 2. The van der Waals surface area contributed by atoms with E-state index in [1.807, 2.05) is 36.4 Å². The molecule has 13 heteroatoms. The van der Waals surface area contributed by atoms with Gasteiger partial charge in [-0.3, -0.25) is 14.9 Å². The highest BCUT2D eigenvalue weighted by molar-refractivity contribution is 6.31. The molecule has 0 bridgehead atoms. The number of phenolic OH excluding ortho intramolecular Hbond substituents is 2. The van der Waals surface area contributed by atoms with Crippen molar-refractivity contribution in [1.29, 1.82) is 0 Å². The number of benzene rings is 3. The Balaban J connectivity index is 0.992. The highest BCUT2D eigenvalue weighted by atomic mass is 35.5. The number of hydrogen-bond donors (Lipinski definition) is 5. The molecule has 6 rings (SSSR count). The van der Waals surface area contributed by atoms with Crippen molar-refractivity contribution in [1.82, 2.24) is 25.6 Å². The van der Waals surface area contributed by atoms with Gasteiger partial charge in [0.2, 0.25) is 0 Å². The van der Waals surface area contributed by atoms with Crippen LogP contribution < -0.4 is 21.0 Å². The molecule has 1 saturated heterocycles. The number of amides is 2. The summed E-state index contributed by atoms with van der Waals surface area (Å²) in [4.78, 5) is 25.5. The largest absolute Gasteiger partial charge is 0.507 e. The van der Waals surface area contributed by atoms with Gasteiger partial charge in [-0.25, -0.2) is 10.2 Å². The van der Waals surface area contributed by atoms with E-state index in [2.05, 4.69) is 40.9 Å². The molecular weight excluding hydrogens is 627 g/mol. The van der Waals surface area contributed by atoms with Crippen molar-refractivity contribution in [2.75, 3.05) is 49.5 Å². The number of nitrogens with zero attached hydrogens (tertiary/aromatic N) is 5. The number of halogens is 2. The van der Waals surface area contributed by atoms with E-state index in [-0.39, 0.29) is 11.5 Å². The van der Waals surface area contributed by atoms with Crippen LogP contribution in [0.5, 0.6) is 11.5 Å². The maximum atomic E-state index is 12.3. The van der Waals surface area contributed by atoms with Gasteiger partial charge in [-0.15, -0.1) is 0 Å². The van der Waals surface area contributed by atoms with E-state index in [4.69, 9.17) is 23.2 Å². The number of nitrogens with one attached hydrogen (secondary N) is 3. The van der Waals surface area contributed by atoms with Crippen LogP contribution >= 0.6 is 23.2 Å². The van der Waals surface area contributed by atoms with Crippen LogP contribution in [-0.2, 0) is 6.54 Å². The van der Waals surface area contributed by atoms with E-state index in [0.29, 0.717) is 40.8 Å². The van der Waals surface area contributed by atoms with Gasteiger partial charge < -0.3 is 25.7 Å². The third kappa shape index (κ3) is 7.17. The summed E-state index contributed by atoms with van der Waals surface area (Å²) in [6.07, 6.45) is 4.84. The van der Waals surface area contributed by atoms with Crippen molar-refractivity contribution >= 4 is 68.6 Å². The maximum Gasteiger partial charge on any atom is 0.335 e. The van der Waals surface area contributed by atoms with Gasteiger partial charge in [0.15, 0.2) is 0 Å². The zero-order valence-corrected chi connectivity index (χ0v) is 26.3. The second kappa shape index (κ2) is 14.1. The molecule has 0 aliphatic carbocycles. The first-order valence-electron chi connectivity index (χ1n) is 14.8. The lowest BCUT2D eigenvalue weighted by Crippen LogP contribution is -2.46. The number of phenols is 2. The zero-order valence-electron chi connectivity index (χ0n) is 24.7. The minimum atomic E-state index is -0.495. The zero-order chi connectivity index (χ0) is 32.0. The van der Waals surface area contributed by atoms with Crippen LogP contribution in [0.25, 0.3) is 21.8 Å². The Kier molecular flexibility index (Phi) is 9.53. The molecular formula is C33H32Cl2N8O3. The molecule has 1 aliphatic rings. The molecule has 0 unspecified atom stereocenters. The Hall–Kier alpha value is -4.84. The number of pyridine rings is 2. The summed E-state index contributed by atoms with van der Waals surface area (Å²) < 4.78 is 0. The first kappa shape index (κ1) is 31.2. The molecule has 0 saturated carbocycles. The van der Waals surface area contributed by atoms with Crippen LogP contribution in [0.1, 0.15) is 11.1 Å². The minimum Gasteiger partial charge on any atom is -0.507 e. The Bertz CT molecular complexity index is 1910. The third-order valence-electron chi connectivity index (χ3n) is 7.87. The average molecular weight is 660 g/mol. The minimum absolute atomic E-state index is 0.00244. The molecule has 236 valence electrons. The number of carbonyl (C=O) groups excluding carboxylic acids is 1. The van der Waals surface area contributed by atoms with Crippen molar-refractivity contribution in [3.8, 4) is 11.5 Å². The van der Waals surface area contributed by atoms with Crippen LogP contribution in [0.3, 0.4) is 0 Å². The van der Waals surface area contributed by atoms with E-state index < -0.39 is 6.03 Å². The molecule has 1 fully saturated rings. The fourth-order valence-corrected chi connectivity index (χ4v) is 5.84. The topological polar surface area (TPSA) is 138 Å². The number of rotatable bonds is 9. The molecule has 2 aromatic heterocycles. The number of hydrogen-bond acceptors (Lipinski definition) is 9. The summed E-state index contributed by atoms with van der Waals surface area (Å²) >= 11 is 12.2. The summed E-state index contributed by atoms with van der Waals surface area (Å²) in [6, 6.07) is 17.7. The normalized spacial score (nSPS) is 13.8. The highest BCUT2D eigenvalue weighted by Gasteiger charge is 2.22. The van der Waals surface area contributed by atoms with Crippen molar-refractivity contribution < 1.29 is 15.0 Å². The average Bonchev–Trinajstić information content (AvgIpc) is 3.06. The maximum absolute atomic E-state index is 12.3. The van der Waals surface area contributed by atoms with E-state index in [1.165, 1.54) is 12.3 Å². The first-order chi connectivity index (χ1) is 22.4. The Labute approximate surface area is 275 Å². The van der Waals surface area contributed by atoms with Gasteiger partial charge in [0.05, 0.1) is 22.8 Å². The summed E-state index contributed by atoms with van der Waals surface area (Å²) in [5, 5.41) is 34.7. The predicted octanol–water partition coefficient (Wildman–Crippen LogP) is 5.57. The third-order valence-corrected chi connectivity index (χ3v) is 8.34. The molecule has 0 radical (unpaired) electrons. The monoisotopic (exact) mass is 658 g/mol. The molecule has 46 heavy (non-hydrogen) atoms. The number of anilines is 2. The molecule has 5 aromatic rings. The Morgan fingerprint density at radius 3 is 2.33 bits per heavy atom. The van der Waals surface area contributed by atoms with Crippen molar-refractivity contribution in [3.63, 3.8) is 0 Å². The van der Waals surface area contributed by atoms with Gasteiger partial charge in [-0.2, -0.15) is 5.10 Å². The SMILES string of the molecule is O=C(NCCNc1ccnc2cc(Cl)ccc12)N/N=C/c1ccc(O)c(CN2CCN(c3ccnc4cc(Cl)ccc34)CC2)c1O. The summed E-state index contributed by atoms with van der Waals surface area (Å²) in [7, 11) is 0. The van der Waals surface area contributed by atoms with E-state index in [1.54, 1.807) is 30.6 Å². The standard InChI is InChI=1S/C33H32Cl2N8O3/c34-22-2-4-24-27(7-9-36-28(24)17-22)38-11-12-39-33(46)41-40-19-21-1-6-31(44)26(32(21)45)20-42-13-15-43(16-14-42)30-8-10-37-29-18-23(35)3-5-25(29)30/h1-10,17-19,44-45H,11-16,20H2,(H,36,38)(H2,39,41,46)/b40-19+. The van der Waals surface area contributed by atoms with Crippen LogP contribution in [0.15, 0.2) is 78.2 Å². The quantitative estimate of drug-likeness (QED) is 0.0787. The molecule has 0 atom stereocenters. The lowest BCUT2D eigenvalue weighted by molar-refractivity contribution is 0.241. The van der Waals surface area contributed by atoms with Crippen LogP contribution in [0, 0.1) is 0 Å². The summed E-state index contributed by atoms with van der Waals surface area (Å²) in [5.41, 5.74) is 6.81. The van der Waals surface area contributed by atoms with Crippen molar-refractivity contribution in [2.45, 2.75) is 6.54 Å². The molecule has 5 N–H and O–H groups in total. The smallest absolute Gasteiger partial charge is 0.335 e. The number of aromatic nitrogens is 2. The summed E-state index contributed by atoms with van der Waals surface area (Å²) in [5.74, 6) is -0.0854. The number of piperazine rings is 1. The van der Waals surface area contributed by atoms with Gasteiger partial charge >= 0.3 is 6.03 Å². The number of urea groups is 1. The molecule has 0 spiro atoms. The molecule has 11 nitrogen and oxygen atoms in total. The highest BCUT2D eigenvalue weighted by Crippen LogP contribution is 2.32.